The van der Waals surface area contributed by atoms with Gasteiger partial charge in [-0.3, -0.25) is 9.79 Å². The Balaban J connectivity index is 0.00000312. The van der Waals surface area contributed by atoms with Crippen LogP contribution in [-0.2, 0) is 14.9 Å². The molecular weight excluding hydrogens is 436 g/mol. The number of halogens is 2. The van der Waals surface area contributed by atoms with E-state index in [1.54, 1.807) is 19.2 Å². The van der Waals surface area contributed by atoms with Crippen LogP contribution in [0.2, 0.25) is 0 Å². The van der Waals surface area contributed by atoms with E-state index in [1.165, 1.54) is 6.07 Å². The number of rotatable bonds is 5. The van der Waals surface area contributed by atoms with Crippen molar-refractivity contribution in [3.05, 3.63) is 35.6 Å². The van der Waals surface area contributed by atoms with E-state index in [9.17, 15) is 9.18 Å². The summed E-state index contributed by atoms with van der Waals surface area (Å²) in [6, 6.07) is 6.73. The number of ether oxygens (including phenoxy) is 1. The average Bonchev–Trinajstić information content (AvgIpc) is 3.27. The van der Waals surface area contributed by atoms with Crippen LogP contribution in [0.4, 0.5) is 4.39 Å². The minimum Gasteiger partial charge on any atom is -0.459 e. The van der Waals surface area contributed by atoms with E-state index >= 15 is 0 Å². The van der Waals surface area contributed by atoms with Crippen LogP contribution < -0.4 is 10.6 Å². The molecule has 0 heterocycles. The van der Waals surface area contributed by atoms with E-state index in [0.29, 0.717) is 12.5 Å². The quantitative estimate of drug-likeness (QED) is 0.305. The van der Waals surface area contributed by atoms with Gasteiger partial charge in [-0.15, -0.1) is 24.0 Å². The highest BCUT2D eigenvalue weighted by atomic mass is 127. The van der Waals surface area contributed by atoms with E-state index in [2.05, 4.69) is 15.6 Å². The highest BCUT2D eigenvalue weighted by Crippen LogP contribution is 2.47. The van der Waals surface area contributed by atoms with Crippen LogP contribution in [0.3, 0.4) is 0 Å². The molecule has 0 atom stereocenters. The highest BCUT2D eigenvalue weighted by molar-refractivity contribution is 14.0. The normalized spacial score (nSPS) is 15.8. The Morgan fingerprint density at radius 1 is 1.32 bits per heavy atom. The Morgan fingerprint density at radius 2 is 2.00 bits per heavy atom. The minimum absolute atomic E-state index is 0. The second-order valence-corrected chi connectivity index (χ2v) is 7.16. The number of hydrogen-bond donors (Lipinski definition) is 2. The summed E-state index contributed by atoms with van der Waals surface area (Å²) in [5.74, 6) is -0.0218. The van der Waals surface area contributed by atoms with Crippen molar-refractivity contribution in [1.82, 2.24) is 10.6 Å². The standard InChI is InChI=1S/C18H26FN3O2.HI/c1-17(2,3)24-15(23)11-21-16(20-4)22-12-18(8-9-18)13-6-5-7-14(19)10-13;/h5-7,10H,8-9,11-12H2,1-4H3,(H2,20,21,22);1H. The Bertz CT molecular complexity index is 625. The lowest BCUT2D eigenvalue weighted by Crippen LogP contribution is -2.44. The molecule has 25 heavy (non-hydrogen) atoms. The first-order chi connectivity index (χ1) is 11.2. The number of esters is 1. The molecule has 1 aromatic rings. The first-order valence-electron chi connectivity index (χ1n) is 8.16. The average molecular weight is 463 g/mol. The van der Waals surface area contributed by atoms with E-state index in [-0.39, 0.29) is 47.7 Å². The molecule has 1 fully saturated rings. The van der Waals surface area contributed by atoms with Crippen molar-refractivity contribution >= 4 is 35.9 Å². The summed E-state index contributed by atoms with van der Waals surface area (Å²) in [5, 5.41) is 6.16. The van der Waals surface area contributed by atoms with E-state index in [4.69, 9.17) is 4.74 Å². The lowest BCUT2D eigenvalue weighted by Gasteiger charge is -2.21. The highest BCUT2D eigenvalue weighted by Gasteiger charge is 2.44. The van der Waals surface area contributed by atoms with Gasteiger partial charge in [-0.2, -0.15) is 0 Å². The SMILES string of the molecule is CN=C(NCC(=O)OC(C)(C)C)NCC1(c2cccc(F)c2)CC1.I. The third-order valence-corrected chi connectivity index (χ3v) is 3.93. The minimum atomic E-state index is -0.509. The number of carbonyl (C=O) groups excluding carboxylic acids is 1. The number of nitrogens with one attached hydrogen (secondary N) is 2. The first-order valence-corrected chi connectivity index (χ1v) is 8.16. The zero-order valence-corrected chi connectivity index (χ0v) is 17.5. The summed E-state index contributed by atoms with van der Waals surface area (Å²) in [6.07, 6.45) is 2.01. The van der Waals surface area contributed by atoms with Crippen molar-refractivity contribution in [1.29, 1.82) is 0 Å². The van der Waals surface area contributed by atoms with Crippen LogP contribution in [0.5, 0.6) is 0 Å². The fourth-order valence-corrected chi connectivity index (χ4v) is 2.54. The monoisotopic (exact) mass is 463 g/mol. The van der Waals surface area contributed by atoms with Gasteiger partial charge in [-0.05, 0) is 51.3 Å². The third-order valence-electron chi connectivity index (χ3n) is 3.93. The third kappa shape index (κ3) is 6.80. The van der Waals surface area contributed by atoms with Crippen molar-refractivity contribution in [3.8, 4) is 0 Å². The van der Waals surface area contributed by atoms with Crippen LogP contribution in [0, 0.1) is 5.82 Å². The number of benzene rings is 1. The molecule has 1 aliphatic carbocycles. The van der Waals surface area contributed by atoms with Gasteiger partial charge < -0.3 is 15.4 Å². The number of hydrogen-bond acceptors (Lipinski definition) is 3. The number of carbonyl (C=O) groups is 1. The lowest BCUT2D eigenvalue weighted by atomic mass is 9.96. The predicted octanol–water partition coefficient (Wildman–Crippen LogP) is 2.98. The zero-order valence-electron chi connectivity index (χ0n) is 15.2. The van der Waals surface area contributed by atoms with Crippen LogP contribution >= 0.6 is 24.0 Å². The molecule has 0 saturated heterocycles. The molecule has 0 unspecified atom stereocenters. The second-order valence-electron chi connectivity index (χ2n) is 7.16. The van der Waals surface area contributed by atoms with Gasteiger partial charge in [0.2, 0.25) is 0 Å². The maximum absolute atomic E-state index is 13.4. The maximum Gasteiger partial charge on any atom is 0.325 e. The molecule has 140 valence electrons. The van der Waals surface area contributed by atoms with Gasteiger partial charge in [0.1, 0.15) is 18.0 Å². The molecule has 1 aliphatic rings. The topological polar surface area (TPSA) is 62.7 Å². The molecular formula is C18H27FIN3O2. The first kappa shape index (κ1) is 21.7. The van der Waals surface area contributed by atoms with Crippen LogP contribution in [0.15, 0.2) is 29.3 Å². The summed E-state index contributed by atoms with van der Waals surface area (Å²) in [4.78, 5) is 15.9. The summed E-state index contributed by atoms with van der Waals surface area (Å²) in [7, 11) is 1.65. The van der Waals surface area contributed by atoms with Crippen molar-refractivity contribution < 1.29 is 13.9 Å². The van der Waals surface area contributed by atoms with Gasteiger partial charge in [-0.25, -0.2) is 4.39 Å². The second kappa shape index (κ2) is 8.82. The Kier molecular flexibility index (Phi) is 7.64. The van der Waals surface area contributed by atoms with Gasteiger partial charge >= 0.3 is 5.97 Å². The van der Waals surface area contributed by atoms with Gasteiger partial charge in [0.25, 0.3) is 0 Å². The Morgan fingerprint density at radius 3 is 2.52 bits per heavy atom. The van der Waals surface area contributed by atoms with Crippen LogP contribution in [-0.4, -0.2) is 37.7 Å². The van der Waals surface area contributed by atoms with E-state index in [1.807, 2.05) is 26.8 Å². The molecule has 0 aromatic heterocycles. The van der Waals surface area contributed by atoms with E-state index < -0.39 is 5.60 Å². The molecule has 1 aromatic carbocycles. The fourth-order valence-electron chi connectivity index (χ4n) is 2.54. The summed E-state index contributed by atoms with van der Waals surface area (Å²) >= 11 is 0. The van der Waals surface area contributed by atoms with Crippen LogP contribution in [0.1, 0.15) is 39.2 Å². The molecule has 2 N–H and O–H groups in total. The molecule has 7 heteroatoms. The number of nitrogens with zero attached hydrogens (tertiary/aromatic N) is 1. The van der Waals surface area contributed by atoms with Crippen molar-refractivity contribution in [2.75, 3.05) is 20.1 Å². The molecule has 0 spiro atoms. The number of aliphatic imine (C=N–C) groups is 1. The van der Waals surface area contributed by atoms with E-state index in [0.717, 1.165) is 18.4 Å². The van der Waals surface area contributed by atoms with Crippen molar-refractivity contribution in [2.24, 2.45) is 4.99 Å². The summed E-state index contributed by atoms with van der Waals surface area (Å²) in [5.41, 5.74) is 0.439. The summed E-state index contributed by atoms with van der Waals surface area (Å²) in [6.45, 7) is 6.17. The molecule has 0 radical (unpaired) electrons. The molecule has 5 nitrogen and oxygen atoms in total. The van der Waals surface area contributed by atoms with Gasteiger partial charge in [-0.1, -0.05) is 12.1 Å². The summed E-state index contributed by atoms with van der Waals surface area (Å²) < 4.78 is 18.7. The molecule has 0 bridgehead atoms. The van der Waals surface area contributed by atoms with Gasteiger partial charge in [0.15, 0.2) is 5.96 Å². The molecule has 2 rings (SSSR count). The van der Waals surface area contributed by atoms with Gasteiger partial charge in [0, 0.05) is 19.0 Å². The maximum atomic E-state index is 13.4. The zero-order chi connectivity index (χ0) is 17.8. The predicted molar refractivity (Wildman–Crippen MR) is 108 cm³/mol. The molecule has 0 aliphatic heterocycles. The largest absolute Gasteiger partial charge is 0.459 e. The van der Waals surface area contributed by atoms with Crippen molar-refractivity contribution in [3.63, 3.8) is 0 Å². The lowest BCUT2D eigenvalue weighted by molar-refractivity contribution is -0.153. The molecule has 0 amide bonds. The number of guanidine groups is 1. The Labute approximate surface area is 165 Å². The Hall–Kier alpha value is -1.38. The smallest absolute Gasteiger partial charge is 0.325 e. The van der Waals surface area contributed by atoms with Gasteiger partial charge in [0.05, 0.1) is 0 Å². The fraction of sp³-hybridized carbons (Fsp3) is 0.556. The molecule has 1 saturated carbocycles. The van der Waals surface area contributed by atoms with Crippen molar-refractivity contribution in [2.45, 2.75) is 44.6 Å². The van der Waals surface area contributed by atoms with Crippen LogP contribution in [0.25, 0.3) is 0 Å².